The van der Waals surface area contributed by atoms with E-state index in [-0.39, 0.29) is 0 Å². The molecule has 0 aliphatic heterocycles. The van der Waals surface area contributed by atoms with Crippen LogP contribution in [0, 0.1) is 0 Å². The summed E-state index contributed by atoms with van der Waals surface area (Å²) in [6.07, 6.45) is -8.56. The van der Waals surface area contributed by atoms with E-state index in [0.717, 1.165) is 24.3 Å². The molecule has 1 aromatic rings. The van der Waals surface area contributed by atoms with Gasteiger partial charge >= 0.3 is 21.8 Å². The molecule has 0 amide bonds. The first-order valence-corrected chi connectivity index (χ1v) is 6.86. The van der Waals surface area contributed by atoms with Crippen LogP contribution < -0.4 is 0 Å². The lowest BCUT2D eigenvalue weighted by atomic mass is 10.1. The van der Waals surface area contributed by atoms with Crippen LogP contribution in [0.25, 0.3) is 0 Å². The predicted octanol–water partition coefficient (Wildman–Crippen LogP) is 3.92. The van der Waals surface area contributed by atoms with Gasteiger partial charge in [-0.05, 0) is 17.7 Å². The van der Waals surface area contributed by atoms with E-state index in [0.29, 0.717) is 4.47 Å². The Labute approximate surface area is 117 Å². The molecule has 0 heterocycles. The second-order valence-electron chi connectivity index (χ2n) is 3.47. The summed E-state index contributed by atoms with van der Waals surface area (Å²) < 4.78 is 99.2. The van der Waals surface area contributed by atoms with Crippen molar-refractivity contribution in [1.82, 2.24) is 0 Å². The average Bonchev–Trinajstić information content (AvgIpc) is 2.24. The van der Waals surface area contributed by atoms with Crippen LogP contribution in [0.3, 0.4) is 0 Å². The largest absolute Gasteiger partial charge is 0.523 e. The van der Waals surface area contributed by atoms with Crippen molar-refractivity contribution in [2.45, 2.75) is 17.8 Å². The maximum Gasteiger partial charge on any atom is 0.523 e. The number of hydrogen-bond acceptors (Lipinski definition) is 3. The third-order valence-electron chi connectivity index (χ3n) is 1.98. The monoisotopic (exact) mass is 386 g/mol. The summed E-state index contributed by atoms with van der Waals surface area (Å²) in [6.45, 7) is 0. The molecule has 0 radical (unpaired) electrons. The molecular formula is C9H5BrF6O3S. The zero-order valence-electron chi connectivity index (χ0n) is 9.17. The van der Waals surface area contributed by atoms with E-state index < -0.39 is 33.5 Å². The van der Waals surface area contributed by atoms with Crippen LogP contribution in [-0.2, 0) is 14.3 Å². The SMILES string of the molecule is O=S(=O)(OC(c1ccc(Br)cc1)C(F)(F)F)C(F)(F)F. The van der Waals surface area contributed by atoms with Gasteiger partial charge in [0.1, 0.15) is 0 Å². The third kappa shape index (κ3) is 4.09. The van der Waals surface area contributed by atoms with Gasteiger partial charge in [-0.2, -0.15) is 34.8 Å². The van der Waals surface area contributed by atoms with Crippen LogP contribution in [0.4, 0.5) is 26.3 Å². The summed E-state index contributed by atoms with van der Waals surface area (Å²) in [5.41, 5.74) is -6.71. The summed E-state index contributed by atoms with van der Waals surface area (Å²) in [5, 5.41) is 0. The highest BCUT2D eigenvalue weighted by Crippen LogP contribution is 2.40. The number of halogens is 7. The summed E-state index contributed by atoms with van der Waals surface area (Å²) in [4.78, 5) is 0. The van der Waals surface area contributed by atoms with E-state index >= 15 is 0 Å². The van der Waals surface area contributed by atoms with E-state index in [9.17, 15) is 34.8 Å². The molecule has 1 atom stereocenters. The Morgan fingerprint density at radius 3 is 1.80 bits per heavy atom. The first-order valence-electron chi connectivity index (χ1n) is 4.66. The minimum atomic E-state index is -6.37. The van der Waals surface area contributed by atoms with Gasteiger partial charge in [0.25, 0.3) is 0 Å². The van der Waals surface area contributed by atoms with Gasteiger partial charge in [0.15, 0.2) is 6.10 Å². The van der Waals surface area contributed by atoms with Crippen LogP contribution >= 0.6 is 15.9 Å². The zero-order chi connectivity index (χ0) is 15.8. The fraction of sp³-hybridized carbons (Fsp3) is 0.333. The molecule has 0 spiro atoms. The standard InChI is InChI=1S/C9H5BrF6O3S/c10-6-3-1-5(2-4-6)7(8(11,12)13)19-20(17,18)9(14,15)16/h1-4,7H. The number of rotatable bonds is 3. The molecule has 0 N–H and O–H groups in total. The molecule has 0 aliphatic rings. The first kappa shape index (κ1) is 17.2. The first-order chi connectivity index (χ1) is 8.84. The van der Waals surface area contributed by atoms with Crippen LogP contribution in [0.5, 0.6) is 0 Å². The van der Waals surface area contributed by atoms with E-state index in [2.05, 4.69) is 20.1 Å². The maximum absolute atomic E-state index is 12.7. The Bertz CT molecular complexity index is 563. The van der Waals surface area contributed by atoms with Crippen LogP contribution in [-0.4, -0.2) is 20.1 Å². The summed E-state index contributed by atoms with van der Waals surface area (Å²) in [5.74, 6) is 0. The summed E-state index contributed by atoms with van der Waals surface area (Å²) in [7, 11) is -6.37. The van der Waals surface area contributed by atoms with Gasteiger partial charge in [-0.3, -0.25) is 0 Å². The quantitative estimate of drug-likeness (QED) is 0.449. The molecule has 0 saturated heterocycles. The van der Waals surface area contributed by atoms with Crippen molar-refractivity contribution in [3.63, 3.8) is 0 Å². The van der Waals surface area contributed by atoms with E-state index in [1.54, 1.807) is 0 Å². The van der Waals surface area contributed by atoms with Crippen LogP contribution in [0.1, 0.15) is 11.7 Å². The Kier molecular flexibility index (Phi) is 4.76. The zero-order valence-corrected chi connectivity index (χ0v) is 11.6. The van der Waals surface area contributed by atoms with Crippen LogP contribution in [0.15, 0.2) is 28.7 Å². The molecule has 20 heavy (non-hydrogen) atoms. The highest BCUT2D eigenvalue weighted by molar-refractivity contribution is 9.10. The van der Waals surface area contributed by atoms with E-state index in [4.69, 9.17) is 0 Å². The normalized spacial score (nSPS) is 15.2. The summed E-state index contributed by atoms with van der Waals surface area (Å²) in [6, 6.07) is 3.82. The molecule has 0 bridgehead atoms. The molecule has 1 unspecified atom stereocenters. The number of alkyl halides is 6. The molecule has 3 nitrogen and oxygen atoms in total. The van der Waals surface area contributed by atoms with E-state index in [1.807, 2.05) is 0 Å². The second kappa shape index (κ2) is 5.53. The smallest absolute Gasteiger partial charge is 0.245 e. The molecular weight excluding hydrogens is 382 g/mol. The van der Waals surface area contributed by atoms with Gasteiger partial charge in [-0.25, -0.2) is 4.18 Å². The molecule has 114 valence electrons. The molecule has 11 heteroatoms. The van der Waals surface area contributed by atoms with Crippen molar-refractivity contribution in [3.8, 4) is 0 Å². The average molecular weight is 387 g/mol. The molecule has 0 saturated carbocycles. The fourth-order valence-electron chi connectivity index (χ4n) is 1.12. The Morgan fingerprint density at radius 1 is 1.00 bits per heavy atom. The molecule has 1 rings (SSSR count). The number of benzene rings is 1. The van der Waals surface area contributed by atoms with Gasteiger partial charge in [-0.15, -0.1) is 0 Å². The minimum absolute atomic E-state index is 0.362. The van der Waals surface area contributed by atoms with Crippen molar-refractivity contribution in [2.75, 3.05) is 0 Å². The highest BCUT2D eigenvalue weighted by Gasteiger charge is 2.53. The Morgan fingerprint density at radius 2 is 1.45 bits per heavy atom. The molecule has 0 aliphatic carbocycles. The predicted molar refractivity (Wildman–Crippen MR) is 59.0 cm³/mol. The highest BCUT2D eigenvalue weighted by atomic mass is 79.9. The van der Waals surface area contributed by atoms with Crippen molar-refractivity contribution < 1.29 is 38.9 Å². The number of hydrogen-bond donors (Lipinski definition) is 0. The lowest BCUT2D eigenvalue weighted by molar-refractivity contribution is -0.200. The second-order valence-corrected chi connectivity index (χ2v) is 5.95. The van der Waals surface area contributed by atoms with Gasteiger partial charge < -0.3 is 0 Å². The van der Waals surface area contributed by atoms with Crippen molar-refractivity contribution in [3.05, 3.63) is 34.3 Å². The lowest BCUT2D eigenvalue weighted by Crippen LogP contribution is -2.32. The van der Waals surface area contributed by atoms with Crippen molar-refractivity contribution in [1.29, 1.82) is 0 Å². The van der Waals surface area contributed by atoms with Crippen molar-refractivity contribution >= 4 is 26.0 Å². The van der Waals surface area contributed by atoms with Crippen molar-refractivity contribution in [2.24, 2.45) is 0 Å². The Balaban J connectivity index is 3.20. The van der Waals surface area contributed by atoms with E-state index in [1.165, 1.54) is 0 Å². The summed E-state index contributed by atoms with van der Waals surface area (Å²) >= 11 is 2.92. The molecule has 0 fully saturated rings. The maximum atomic E-state index is 12.7. The van der Waals surface area contributed by atoms with Gasteiger partial charge in [0, 0.05) is 4.47 Å². The minimum Gasteiger partial charge on any atom is -0.245 e. The molecule has 1 aromatic carbocycles. The molecule has 0 aromatic heterocycles. The van der Waals surface area contributed by atoms with Crippen LogP contribution in [0.2, 0.25) is 0 Å². The van der Waals surface area contributed by atoms with Gasteiger partial charge in [0.05, 0.1) is 0 Å². The van der Waals surface area contributed by atoms with Gasteiger partial charge in [0.2, 0.25) is 0 Å². The lowest BCUT2D eigenvalue weighted by Gasteiger charge is -2.21. The Hall–Kier alpha value is -0.810. The fourth-order valence-corrected chi connectivity index (χ4v) is 1.96. The third-order valence-corrected chi connectivity index (χ3v) is 3.52. The van der Waals surface area contributed by atoms with Gasteiger partial charge in [-0.1, -0.05) is 28.1 Å². The topological polar surface area (TPSA) is 43.4 Å².